The van der Waals surface area contributed by atoms with E-state index in [1.165, 1.54) is 0 Å². The lowest BCUT2D eigenvalue weighted by Gasteiger charge is -2.35. The molecule has 1 atom stereocenters. The summed E-state index contributed by atoms with van der Waals surface area (Å²) < 4.78 is 5.46. The van der Waals surface area contributed by atoms with Gasteiger partial charge < -0.3 is 15.8 Å². The predicted molar refractivity (Wildman–Crippen MR) is 74.7 cm³/mol. The fourth-order valence-corrected chi connectivity index (χ4v) is 2.32. The first-order valence-corrected chi connectivity index (χ1v) is 6.90. The van der Waals surface area contributed by atoms with Gasteiger partial charge >= 0.3 is 0 Å². The number of benzene rings is 1. The van der Waals surface area contributed by atoms with E-state index in [0.29, 0.717) is 12.5 Å². The Labute approximate surface area is 114 Å². The number of carbonyl (C=O) groups excluding carboxylic acids is 1. The Hall–Kier alpha value is -1.39. The summed E-state index contributed by atoms with van der Waals surface area (Å²) in [5.74, 6) is -0.0659. The fraction of sp³-hybridized carbons (Fsp3) is 0.533. The van der Waals surface area contributed by atoms with Crippen molar-refractivity contribution in [2.75, 3.05) is 6.61 Å². The number of nitrogens with two attached hydrogens (primary N) is 1. The molecule has 0 bridgehead atoms. The van der Waals surface area contributed by atoms with Crippen molar-refractivity contribution in [1.82, 2.24) is 5.32 Å². The van der Waals surface area contributed by atoms with Crippen molar-refractivity contribution in [2.24, 2.45) is 5.73 Å². The van der Waals surface area contributed by atoms with Crippen molar-refractivity contribution in [3.63, 3.8) is 0 Å². The quantitative estimate of drug-likeness (QED) is 0.810. The summed E-state index contributed by atoms with van der Waals surface area (Å²) in [5, 5.41) is 2.98. The summed E-state index contributed by atoms with van der Waals surface area (Å²) in [6.07, 6.45) is 2.68. The van der Waals surface area contributed by atoms with Crippen LogP contribution in [-0.2, 0) is 16.0 Å². The van der Waals surface area contributed by atoms with Crippen molar-refractivity contribution >= 4 is 5.91 Å². The highest BCUT2D eigenvalue weighted by molar-refractivity contribution is 5.82. The van der Waals surface area contributed by atoms with E-state index in [1.807, 2.05) is 37.3 Å². The first kappa shape index (κ1) is 14.0. The first-order chi connectivity index (χ1) is 9.19. The average Bonchev–Trinajstić information content (AvgIpc) is 2.37. The van der Waals surface area contributed by atoms with Gasteiger partial charge in [-0.3, -0.25) is 4.79 Å². The molecule has 2 rings (SSSR count). The van der Waals surface area contributed by atoms with Crippen LogP contribution in [-0.4, -0.2) is 30.7 Å². The average molecular weight is 262 g/mol. The number of hydrogen-bond acceptors (Lipinski definition) is 3. The van der Waals surface area contributed by atoms with Crippen LogP contribution in [0.15, 0.2) is 30.3 Å². The summed E-state index contributed by atoms with van der Waals surface area (Å²) in [7, 11) is 0. The Balaban J connectivity index is 1.72. The largest absolute Gasteiger partial charge is 0.378 e. The SMILES string of the molecule is CCOC1CC(NC(=O)C(N)Cc2ccccc2)C1. The standard InChI is InChI=1S/C15H22N2O2/c1-2-19-13-9-12(10-13)17-15(18)14(16)8-11-6-4-3-5-7-11/h3-7,12-14H,2,8-10,16H2,1H3,(H,17,18). The number of hydrogen-bond donors (Lipinski definition) is 2. The molecule has 1 fully saturated rings. The first-order valence-electron chi connectivity index (χ1n) is 6.90. The monoisotopic (exact) mass is 262 g/mol. The van der Waals surface area contributed by atoms with E-state index in [-0.39, 0.29) is 11.9 Å². The smallest absolute Gasteiger partial charge is 0.237 e. The molecule has 1 saturated carbocycles. The van der Waals surface area contributed by atoms with Gasteiger partial charge in [0.25, 0.3) is 0 Å². The van der Waals surface area contributed by atoms with Gasteiger partial charge in [-0.25, -0.2) is 0 Å². The Morgan fingerprint density at radius 1 is 1.42 bits per heavy atom. The normalized spacial score (nSPS) is 23.5. The molecule has 1 aromatic carbocycles. The van der Waals surface area contributed by atoms with E-state index in [9.17, 15) is 4.79 Å². The predicted octanol–water partition coefficient (Wildman–Crippen LogP) is 1.24. The molecule has 4 nitrogen and oxygen atoms in total. The molecule has 0 radical (unpaired) electrons. The molecule has 0 heterocycles. The second kappa shape index (κ2) is 6.68. The Bertz CT molecular complexity index is 402. The fourth-order valence-electron chi connectivity index (χ4n) is 2.32. The molecule has 3 N–H and O–H groups in total. The van der Waals surface area contributed by atoms with Crippen LogP contribution in [0.4, 0.5) is 0 Å². The van der Waals surface area contributed by atoms with Gasteiger partial charge in [0.05, 0.1) is 12.1 Å². The summed E-state index contributed by atoms with van der Waals surface area (Å²) in [6, 6.07) is 9.59. The minimum atomic E-state index is -0.478. The van der Waals surface area contributed by atoms with Crippen molar-refractivity contribution in [3.8, 4) is 0 Å². The lowest BCUT2D eigenvalue weighted by atomic mass is 9.89. The van der Waals surface area contributed by atoms with Crippen molar-refractivity contribution in [2.45, 2.75) is 44.4 Å². The topological polar surface area (TPSA) is 64.3 Å². The number of ether oxygens (including phenoxy) is 1. The maximum Gasteiger partial charge on any atom is 0.237 e. The molecule has 0 aromatic heterocycles. The zero-order chi connectivity index (χ0) is 13.7. The highest BCUT2D eigenvalue weighted by Gasteiger charge is 2.31. The summed E-state index contributed by atoms with van der Waals surface area (Å²) in [5.41, 5.74) is 7.02. The van der Waals surface area contributed by atoms with E-state index in [0.717, 1.165) is 25.0 Å². The second-order valence-electron chi connectivity index (χ2n) is 5.05. The van der Waals surface area contributed by atoms with Gasteiger partial charge in [0, 0.05) is 12.6 Å². The zero-order valence-electron chi connectivity index (χ0n) is 11.3. The third-order valence-electron chi connectivity index (χ3n) is 3.48. The molecule has 1 aliphatic rings. The van der Waals surface area contributed by atoms with Gasteiger partial charge in [0.2, 0.25) is 5.91 Å². The highest BCUT2D eigenvalue weighted by Crippen LogP contribution is 2.23. The van der Waals surface area contributed by atoms with E-state index < -0.39 is 6.04 Å². The molecule has 1 aliphatic carbocycles. The van der Waals surface area contributed by atoms with Gasteiger partial charge in [-0.15, -0.1) is 0 Å². The summed E-state index contributed by atoms with van der Waals surface area (Å²) in [6.45, 7) is 2.72. The maximum absolute atomic E-state index is 11.9. The van der Waals surface area contributed by atoms with Crippen LogP contribution in [0.2, 0.25) is 0 Å². The van der Waals surface area contributed by atoms with Crippen molar-refractivity contribution in [3.05, 3.63) is 35.9 Å². The lowest BCUT2D eigenvalue weighted by Crippen LogP contribution is -2.52. The molecule has 1 unspecified atom stereocenters. The minimum Gasteiger partial charge on any atom is -0.378 e. The molecular formula is C15H22N2O2. The summed E-state index contributed by atoms with van der Waals surface area (Å²) in [4.78, 5) is 11.9. The third-order valence-corrected chi connectivity index (χ3v) is 3.48. The van der Waals surface area contributed by atoms with E-state index in [1.54, 1.807) is 0 Å². The summed E-state index contributed by atoms with van der Waals surface area (Å²) >= 11 is 0. The van der Waals surface area contributed by atoms with Gasteiger partial charge in [-0.2, -0.15) is 0 Å². The molecule has 1 aromatic rings. The van der Waals surface area contributed by atoms with Crippen LogP contribution in [0, 0.1) is 0 Å². The van der Waals surface area contributed by atoms with E-state index in [4.69, 9.17) is 10.5 Å². The van der Waals surface area contributed by atoms with Crippen LogP contribution >= 0.6 is 0 Å². The van der Waals surface area contributed by atoms with Gasteiger partial charge in [0.1, 0.15) is 0 Å². The van der Waals surface area contributed by atoms with E-state index >= 15 is 0 Å². The van der Waals surface area contributed by atoms with Gasteiger partial charge in [0.15, 0.2) is 0 Å². The Morgan fingerprint density at radius 3 is 2.74 bits per heavy atom. The molecule has 0 saturated heterocycles. The molecule has 104 valence electrons. The van der Waals surface area contributed by atoms with Crippen LogP contribution in [0.25, 0.3) is 0 Å². The van der Waals surface area contributed by atoms with Crippen molar-refractivity contribution < 1.29 is 9.53 Å². The minimum absolute atomic E-state index is 0.0659. The second-order valence-corrected chi connectivity index (χ2v) is 5.05. The lowest BCUT2D eigenvalue weighted by molar-refractivity contribution is -0.124. The van der Waals surface area contributed by atoms with Crippen LogP contribution in [0.3, 0.4) is 0 Å². The number of rotatable bonds is 6. The Morgan fingerprint density at radius 2 is 2.11 bits per heavy atom. The molecule has 1 amide bonds. The zero-order valence-corrected chi connectivity index (χ0v) is 11.3. The number of nitrogens with one attached hydrogen (secondary N) is 1. The van der Waals surface area contributed by atoms with Crippen LogP contribution in [0.5, 0.6) is 0 Å². The van der Waals surface area contributed by atoms with E-state index in [2.05, 4.69) is 5.32 Å². The van der Waals surface area contributed by atoms with Gasteiger partial charge in [-0.1, -0.05) is 30.3 Å². The van der Waals surface area contributed by atoms with Crippen LogP contribution in [0.1, 0.15) is 25.3 Å². The molecular weight excluding hydrogens is 240 g/mol. The van der Waals surface area contributed by atoms with Crippen LogP contribution < -0.4 is 11.1 Å². The van der Waals surface area contributed by atoms with Crippen molar-refractivity contribution in [1.29, 1.82) is 0 Å². The molecule has 4 heteroatoms. The van der Waals surface area contributed by atoms with Gasteiger partial charge in [-0.05, 0) is 31.7 Å². The molecule has 19 heavy (non-hydrogen) atoms. The highest BCUT2D eigenvalue weighted by atomic mass is 16.5. The molecule has 0 aliphatic heterocycles. The third kappa shape index (κ3) is 4.04. The molecule has 0 spiro atoms. The number of carbonyl (C=O) groups is 1. The Kier molecular flexibility index (Phi) is 4.93. The number of amides is 1. The maximum atomic E-state index is 11.9.